The Balaban J connectivity index is 1.79. The molecule has 1 aliphatic rings. The van der Waals surface area contributed by atoms with E-state index in [-0.39, 0.29) is 12.1 Å². The Morgan fingerprint density at radius 2 is 2.20 bits per heavy atom. The van der Waals surface area contributed by atoms with E-state index in [2.05, 4.69) is 45.2 Å². The summed E-state index contributed by atoms with van der Waals surface area (Å²) in [5.74, 6) is 0. The maximum atomic E-state index is 6.31. The van der Waals surface area contributed by atoms with Gasteiger partial charge in [-0.3, -0.25) is 4.98 Å². The largest absolute Gasteiger partial charge is 0.373 e. The second kappa shape index (κ2) is 6.04. The van der Waals surface area contributed by atoms with Crippen molar-refractivity contribution in [2.24, 2.45) is 5.73 Å². The molecule has 2 aromatic rings. The normalized spacial score (nSPS) is 19.4. The smallest absolute Gasteiger partial charge is 0.0845 e. The highest BCUT2D eigenvalue weighted by Crippen LogP contribution is 2.33. The van der Waals surface area contributed by atoms with E-state index in [0.29, 0.717) is 0 Å². The summed E-state index contributed by atoms with van der Waals surface area (Å²) in [6.07, 6.45) is 5.43. The minimum atomic E-state index is -0.0730. The number of hydrogen-bond donors (Lipinski definition) is 1. The predicted octanol–water partition coefficient (Wildman–Crippen LogP) is 3.55. The maximum Gasteiger partial charge on any atom is 0.0845 e. The van der Waals surface area contributed by atoms with Gasteiger partial charge in [0.2, 0.25) is 0 Å². The van der Waals surface area contributed by atoms with Gasteiger partial charge in [0.25, 0.3) is 0 Å². The van der Waals surface area contributed by atoms with Crippen LogP contribution in [0.1, 0.15) is 35.3 Å². The molecule has 2 unspecified atom stereocenters. The van der Waals surface area contributed by atoms with Gasteiger partial charge in [0.1, 0.15) is 0 Å². The van der Waals surface area contributed by atoms with E-state index in [9.17, 15) is 0 Å². The average molecular weight is 333 g/mol. The molecule has 0 amide bonds. The van der Waals surface area contributed by atoms with Gasteiger partial charge in [0.05, 0.1) is 12.7 Å². The van der Waals surface area contributed by atoms with Crippen molar-refractivity contribution in [3.05, 3.63) is 63.9 Å². The second-order valence-electron chi connectivity index (χ2n) is 5.09. The van der Waals surface area contributed by atoms with Crippen molar-refractivity contribution in [2.75, 3.05) is 6.61 Å². The van der Waals surface area contributed by atoms with E-state index < -0.39 is 0 Å². The maximum absolute atomic E-state index is 6.31. The Morgan fingerprint density at radius 3 is 3.05 bits per heavy atom. The van der Waals surface area contributed by atoms with Gasteiger partial charge in [-0.15, -0.1) is 0 Å². The molecule has 0 spiro atoms. The summed E-state index contributed by atoms with van der Waals surface area (Å²) in [4.78, 5) is 4.17. The molecule has 0 saturated carbocycles. The molecule has 0 aliphatic carbocycles. The van der Waals surface area contributed by atoms with Crippen molar-refractivity contribution in [3.8, 4) is 0 Å². The van der Waals surface area contributed by atoms with Crippen molar-refractivity contribution in [1.82, 2.24) is 4.98 Å². The molecule has 4 heteroatoms. The van der Waals surface area contributed by atoms with Crippen LogP contribution in [0.2, 0.25) is 0 Å². The zero-order valence-electron chi connectivity index (χ0n) is 11.1. The number of fused-ring (bicyclic) bond motifs is 1. The average Bonchev–Trinajstić information content (AvgIpc) is 2.47. The van der Waals surface area contributed by atoms with Crippen molar-refractivity contribution in [1.29, 1.82) is 0 Å². The lowest BCUT2D eigenvalue weighted by Crippen LogP contribution is -2.21. The Hall–Kier alpha value is -1.23. The molecule has 0 radical (unpaired) electrons. The highest BCUT2D eigenvalue weighted by Gasteiger charge is 2.23. The van der Waals surface area contributed by atoms with Crippen LogP contribution in [-0.2, 0) is 11.2 Å². The molecule has 0 fully saturated rings. The minimum Gasteiger partial charge on any atom is -0.373 e. The predicted molar refractivity (Wildman–Crippen MR) is 82.3 cm³/mol. The molecular formula is C16H17BrN2O. The highest BCUT2D eigenvalue weighted by atomic mass is 79.9. The van der Waals surface area contributed by atoms with Gasteiger partial charge >= 0.3 is 0 Å². The Kier molecular flexibility index (Phi) is 4.15. The van der Waals surface area contributed by atoms with Gasteiger partial charge in [-0.2, -0.15) is 0 Å². The molecular weight excluding hydrogens is 316 g/mol. The van der Waals surface area contributed by atoms with E-state index >= 15 is 0 Å². The van der Waals surface area contributed by atoms with Crippen LogP contribution in [0.3, 0.4) is 0 Å². The number of nitrogens with zero attached hydrogens (tertiary/aromatic N) is 1. The summed E-state index contributed by atoms with van der Waals surface area (Å²) in [5.41, 5.74) is 10.00. The van der Waals surface area contributed by atoms with Gasteiger partial charge in [-0.05, 0) is 51.5 Å². The van der Waals surface area contributed by atoms with Crippen LogP contribution in [0, 0.1) is 0 Å². The van der Waals surface area contributed by atoms with E-state index in [0.717, 1.165) is 29.5 Å². The molecule has 2 atom stereocenters. The summed E-state index contributed by atoms with van der Waals surface area (Å²) in [6.45, 7) is 0.769. The van der Waals surface area contributed by atoms with Crippen molar-refractivity contribution in [3.63, 3.8) is 0 Å². The second-order valence-corrected chi connectivity index (χ2v) is 6.00. The molecule has 0 bridgehead atoms. The number of benzene rings is 1. The lowest BCUT2D eigenvalue weighted by Gasteiger charge is -2.28. The molecule has 3 nitrogen and oxygen atoms in total. The topological polar surface area (TPSA) is 48.1 Å². The lowest BCUT2D eigenvalue weighted by molar-refractivity contribution is 0.0319. The summed E-state index contributed by atoms with van der Waals surface area (Å²) in [5, 5.41) is 0. The first kappa shape index (κ1) is 13.7. The third kappa shape index (κ3) is 2.92. The Labute approximate surface area is 127 Å². The van der Waals surface area contributed by atoms with Crippen LogP contribution in [0.5, 0.6) is 0 Å². The summed E-state index contributed by atoms with van der Waals surface area (Å²) < 4.78 is 6.87. The first-order chi connectivity index (χ1) is 9.74. The molecule has 104 valence electrons. The fraction of sp³-hybridized carbons (Fsp3) is 0.312. The van der Waals surface area contributed by atoms with E-state index in [1.807, 2.05) is 12.3 Å². The standard InChI is InChI=1S/C16H17BrN2O/c17-13-7-12(9-19-10-13)15(18)8-16-14-4-2-1-3-11(14)5-6-20-16/h1-4,7,9-10,15-16H,5-6,8,18H2. The van der Waals surface area contributed by atoms with E-state index in [1.165, 1.54) is 11.1 Å². The van der Waals surface area contributed by atoms with Gasteiger partial charge in [0, 0.05) is 22.9 Å². The van der Waals surface area contributed by atoms with Crippen LogP contribution in [-0.4, -0.2) is 11.6 Å². The zero-order valence-corrected chi connectivity index (χ0v) is 12.7. The van der Waals surface area contributed by atoms with E-state index in [1.54, 1.807) is 6.20 Å². The SMILES string of the molecule is NC(CC1OCCc2ccccc21)c1cncc(Br)c1. The fourth-order valence-electron chi connectivity index (χ4n) is 2.67. The summed E-state index contributed by atoms with van der Waals surface area (Å²) >= 11 is 3.43. The first-order valence-electron chi connectivity index (χ1n) is 6.79. The molecule has 0 saturated heterocycles. The monoisotopic (exact) mass is 332 g/mol. The fourth-order valence-corrected chi connectivity index (χ4v) is 3.05. The minimum absolute atomic E-state index is 0.0730. The van der Waals surface area contributed by atoms with Crippen molar-refractivity contribution in [2.45, 2.75) is 25.0 Å². The Morgan fingerprint density at radius 1 is 1.35 bits per heavy atom. The van der Waals surface area contributed by atoms with Crippen LogP contribution < -0.4 is 5.73 Å². The molecule has 1 aliphatic heterocycles. The molecule has 2 N–H and O–H groups in total. The molecule has 1 aromatic heterocycles. The molecule has 20 heavy (non-hydrogen) atoms. The van der Waals surface area contributed by atoms with Gasteiger partial charge in [0.15, 0.2) is 0 Å². The number of aromatic nitrogens is 1. The number of hydrogen-bond acceptors (Lipinski definition) is 3. The molecule has 2 heterocycles. The number of rotatable bonds is 3. The number of pyridine rings is 1. The highest BCUT2D eigenvalue weighted by molar-refractivity contribution is 9.10. The quantitative estimate of drug-likeness (QED) is 0.934. The summed E-state index contributed by atoms with van der Waals surface area (Å²) in [7, 11) is 0. The van der Waals surface area contributed by atoms with Gasteiger partial charge in [-0.1, -0.05) is 24.3 Å². The number of nitrogens with two attached hydrogens (primary N) is 1. The van der Waals surface area contributed by atoms with Crippen LogP contribution >= 0.6 is 15.9 Å². The number of ether oxygens (including phenoxy) is 1. The van der Waals surface area contributed by atoms with E-state index in [4.69, 9.17) is 10.5 Å². The number of halogens is 1. The summed E-state index contributed by atoms with van der Waals surface area (Å²) in [6, 6.07) is 10.4. The Bertz CT molecular complexity index is 603. The molecule has 3 rings (SSSR count). The van der Waals surface area contributed by atoms with Crippen molar-refractivity contribution >= 4 is 15.9 Å². The van der Waals surface area contributed by atoms with Gasteiger partial charge < -0.3 is 10.5 Å². The van der Waals surface area contributed by atoms with Crippen molar-refractivity contribution < 1.29 is 4.74 Å². The lowest BCUT2D eigenvalue weighted by atomic mass is 9.92. The zero-order chi connectivity index (χ0) is 13.9. The first-order valence-corrected chi connectivity index (χ1v) is 7.59. The van der Waals surface area contributed by atoms with Crippen LogP contribution in [0.25, 0.3) is 0 Å². The van der Waals surface area contributed by atoms with Gasteiger partial charge in [-0.25, -0.2) is 0 Å². The van der Waals surface area contributed by atoms with Crippen LogP contribution in [0.15, 0.2) is 47.2 Å². The molecule has 1 aromatic carbocycles. The third-order valence-electron chi connectivity index (χ3n) is 3.71. The third-order valence-corrected chi connectivity index (χ3v) is 4.15. The van der Waals surface area contributed by atoms with Crippen LogP contribution in [0.4, 0.5) is 0 Å².